The Morgan fingerprint density at radius 1 is 1.11 bits per heavy atom. The van der Waals surface area contributed by atoms with Crippen LogP contribution in [-0.2, 0) is 12.8 Å². The fraction of sp³-hybridized carbons (Fsp3) is 0.522. The van der Waals surface area contributed by atoms with Gasteiger partial charge in [-0.2, -0.15) is 0 Å². The number of carbonyl (C=O) groups excluding carboxylic acids is 1. The summed E-state index contributed by atoms with van der Waals surface area (Å²) < 4.78 is 0. The van der Waals surface area contributed by atoms with Crippen molar-refractivity contribution in [3.63, 3.8) is 0 Å². The zero-order valence-electron chi connectivity index (χ0n) is 17.1. The molecule has 0 radical (unpaired) electrons. The molecule has 0 aliphatic rings. The molecule has 3 nitrogen and oxygen atoms in total. The quantitative estimate of drug-likeness (QED) is 0.569. The molecule has 0 saturated heterocycles. The molecule has 1 aromatic carbocycles. The molecule has 0 saturated carbocycles. The van der Waals surface area contributed by atoms with Gasteiger partial charge in [-0.25, -0.2) is 0 Å². The monoisotopic (exact) mass is 387 g/mol. The van der Waals surface area contributed by atoms with Gasteiger partial charge in [-0.15, -0.1) is 11.3 Å². The standard InChI is InChI=1S/C23H33NO2S/c1-5-23(24,15-25)12-11-21-18(4)14-22(27-21)20(26)8-6-7-19-10-9-16(2)17(3)13-19/h9-10,13-14,25H,5-8,11-12,15,24H2,1-4H3. The Kier molecular flexibility index (Phi) is 7.78. The number of ketones is 1. The summed E-state index contributed by atoms with van der Waals surface area (Å²) in [4.78, 5) is 14.6. The fourth-order valence-electron chi connectivity index (χ4n) is 3.17. The first-order valence-corrected chi connectivity index (χ1v) is 10.7. The zero-order chi connectivity index (χ0) is 20.0. The molecule has 3 N–H and O–H groups in total. The van der Waals surface area contributed by atoms with Crippen LogP contribution >= 0.6 is 11.3 Å². The van der Waals surface area contributed by atoms with Gasteiger partial charge in [0.1, 0.15) is 0 Å². The van der Waals surface area contributed by atoms with Crippen molar-refractivity contribution in [3.8, 4) is 0 Å². The van der Waals surface area contributed by atoms with Crippen molar-refractivity contribution in [2.24, 2.45) is 5.73 Å². The van der Waals surface area contributed by atoms with Gasteiger partial charge in [0.05, 0.1) is 11.5 Å². The smallest absolute Gasteiger partial charge is 0.172 e. The Morgan fingerprint density at radius 2 is 1.85 bits per heavy atom. The number of carbonyl (C=O) groups is 1. The summed E-state index contributed by atoms with van der Waals surface area (Å²) in [6, 6.07) is 8.55. The molecule has 0 aliphatic carbocycles. The van der Waals surface area contributed by atoms with Gasteiger partial charge in [0.2, 0.25) is 0 Å². The number of aliphatic hydroxyl groups excluding tert-OH is 1. The van der Waals surface area contributed by atoms with Crippen LogP contribution < -0.4 is 5.73 Å². The van der Waals surface area contributed by atoms with Crippen LogP contribution in [0.3, 0.4) is 0 Å². The summed E-state index contributed by atoms with van der Waals surface area (Å²) >= 11 is 1.59. The third-order valence-electron chi connectivity index (χ3n) is 5.60. The van der Waals surface area contributed by atoms with Gasteiger partial charge in [-0.05, 0) is 81.2 Å². The lowest BCUT2D eigenvalue weighted by Gasteiger charge is -2.25. The summed E-state index contributed by atoms with van der Waals surface area (Å²) in [6.07, 6.45) is 4.70. The molecule has 0 amide bonds. The Labute approximate surface area is 167 Å². The van der Waals surface area contributed by atoms with Crippen LogP contribution in [0.15, 0.2) is 24.3 Å². The van der Waals surface area contributed by atoms with E-state index in [0.717, 1.165) is 42.5 Å². The molecule has 1 heterocycles. The number of Topliss-reactive ketones (excluding diaryl/α,β-unsaturated/α-hetero) is 1. The van der Waals surface area contributed by atoms with Gasteiger partial charge in [0.25, 0.3) is 0 Å². The molecule has 1 atom stereocenters. The van der Waals surface area contributed by atoms with Gasteiger partial charge in [0.15, 0.2) is 5.78 Å². The van der Waals surface area contributed by atoms with Crippen molar-refractivity contribution in [2.75, 3.05) is 6.61 Å². The molecule has 1 aromatic heterocycles. The number of aliphatic hydroxyl groups is 1. The maximum Gasteiger partial charge on any atom is 0.172 e. The van der Waals surface area contributed by atoms with Crippen molar-refractivity contribution in [1.82, 2.24) is 0 Å². The highest BCUT2D eigenvalue weighted by Crippen LogP contribution is 2.27. The lowest BCUT2D eigenvalue weighted by Crippen LogP contribution is -2.43. The average Bonchev–Trinajstić information content (AvgIpc) is 3.03. The minimum Gasteiger partial charge on any atom is -0.394 e. The molecule has 0 aliphatic heterocycles. The molecule has 1 unspecified atom stereocenters. The third-order valence-corrected chi connectivity index (χ3v) is 6.94. The number of hydrogen-bond acceptors (Lipinski definition) is 4. The number of hydrogen-bond donors (Lipinski definition) is 2. The van der Waals surface area contributed by atoms with Crippen LogP contribution in [0.1, 0.15) is 69.4 Å². The van der Waals surface area contributed by atoms with Crippen molar-refractivity contribution >= 4 is 17.1 Å². The first-order valence-electron chi connectivity index (χ1n) is 9.86. The molecular weight excluding hydrogens is 354 g/mol. The van der Waals surface area contributed by atoms with E-state index in [4.69, 9.17) is 5.73 Å². The third kappa shape index (κ3) is 6.00. The first kappa shape index (κ1) is 21.8. The van der Waals surface area contributed by atoms with E-state index in [0.29, 0.717) is 6.42 Å². The van der Waals surface area contributed by atoms with Crippen molar-refractivity contribution < 1.29 is 9.90 Å². The van der Waals surface area contributed by atoms with Crippen LogP contribution in [0.25, 0.3) is 0 Å². The topological polar surface area (TPSA) is 63.3 Å². The van der Waals surface area contributed by atoms with E-state index in [2.05, 4.69) is 39.0 Å². The average molecular weight is 388 g/mol. The van der Waals surface area contributed by atoms with Gasteiger partial charge < -0.3 is 10.8 Å². The van der Waals surface area contributed by atoms with Gasteiger partial charge in [-0.1, -0.05) is 25.1 Å². The summed E-state index contributed by atoms with van der Waals surface area (Å²) in [5, 5.41) is 9.47. The molecular formula is C23H33NO2S. The van der Waals surface area contributed by atoms with Crippen LogP contribution in [0.4, 0.5) is 0 Å². The fourth-order valence-corrected chi connectivity index (χ4v) is 4.31. The van der Waals surface area contributed by atoms with E-state index in [1.165, 1.54) is 21.6 Å². The van der Waals surface area contributed by atoms with Crippen LogP contribution in [0.2, 0.25) is 0 Å². The zero-order valence-corrected chi connectivity index (χ0v) is 17.9. The second-order valence-corrected chi connectivity index (χ2v) is 8.92. The summed E-state index contributed by atoms with van der Waals surface area (Å²) in [5.41, 5.74) is 10.7. The second kappa shape index (κ2) is 9.63. The minimum atomic E-state index is -0.521. The van der Waals surface area contributed by atoms with E-state index >= 15 is 0 Å². The normalized spacial score (nSPS) is 13.6. The lowest BCUT2D eigenvalue weighted by atomic mass is 9.92. The van der Waals surface area contributed by atoms with E-state index in [-0.39, 0.29) is 12.4 Å². The van der Waals surface area contributed by atoms with Crippen LogP contribution in [0, 0.1) is 20.8 Å². The Balaban J connectivity index is 1.90. The van der Waals surface area contributed by atoms with Gasteiger partial charge in [0, 0.05) is 16.8 Å². The highest BCUT2D eigenvalue weighted by molar-refractivity contribution is 7.14. The highest BCUT2D eigenvalue weighted by atomic mass is 32.1. The van der Waals surface area contributed by atoms with E-state index in [1.807, 2.05) is 13.0 Å². The van der Waals surface area contributed by atoms with Gasteiger partial charge >= 0.3 is 0 Å². The van der Waals surface area contributed by atoms with Crippen molar-refractivity contribution in [3.05, 3.63) is 56.3 Å². The van der Waals surface area contributed by atoms with E-state index in [9.17, 15) is 9.90 Å². The molecule has 0 bridgehead atoms. The molecule has 4 heteroatoms. The first-order chi connectivity index (χ1) is 12.8. The second-order valence-electron chi connectivity index (χ2n) is 7.79. The number of thiophene rings is 1. The van der Waals surface area contributed by atoms with Gasteiger partial charge in [-0.3, -0.25) is 4.79 Å². The van der Waals surface area contributed by atoms with Crippen molar-refractivity contribution in [2.45, 2.75) is 71.8 Å². The summed E-state index contributed by atoms with van der Waals surface area (Å²) in [6.45, 7) is 8.31. The van der Waals surface area contributed by atoms with Crippen LogP contribution in [-0.4, -0.2) is 23.0 Å². The molecule has 27 heavy (non-hydrogen) atoms. The molecule has 2 rings (SSSR count). The number of benzene rings is 1. The number of rotatable bonds is 10. The summed E-state index contributed by atoms with van der Waals surface area (Å²) in [5.74, 6) is 0.231. The minimum absolute atomic E-state index is 0.00179. The Bertz CT molecular complexity index is 775. The molecule has 148 valence electrons. The Morgan fingerprint density at radius 3 is 2.48 bits per heavy atom. The van der Waals surface area contributed by atoms with Crippen LogP contribution in [0.5, 0.6) is 0 Å². The summed E-state index contributed by atoms with van der Waals surface area (Å²) in [7, 11) is 0. The predicted molar refractivity (Wildman–Crippen MR) is 115 cm³/mol. The predicted octanol–water partition coefficient (Wildman–Crippen LogP) is 4.91. The molecule has 2 aromatic rings. The SMILES string of the molecule is CCC(N)(CO)CCc1sc(C(=O)CCCc2ccc(C)c(C)c2)cc1C. The number of aryl methyl sites for hydroxylation is 5. The maximum atomic E-state index is 12.6. The molecule has 0 fully saturated rings. The van der Waals surface area contributed by atoms with E-state index < -0.39 is 5.54 Å². The maximum absolute atomic E-state index is 12.6. The van der Waals surface area contributed by atoms with E-state index in [1.54, 1.807) is 11.3 Å². The number of nitrogens with two attached hydrogens (primary N) is 1. The largest absolute Gasteiger partial charge is 0.394 e. The molecule has 0 spiro atoms. The Hall–Kier alpha value is -1.49. The van der Waals surface area contributed by atoms with Crippen molar-refractivity contribution in [1.29, 1.82) is 0 Å². The lowest BCUT2D eigenvalue weighted by molar-refractivity contribution is 0.0984. The highest BCUT2D eigenvalue weighted by Gasteiger charge is 2.22.